The Morgan fingerprint density at radius 1 is 1.12 bits per heavy atom. The van der Waals surface area contributed by atoms with Crippen LogP contribution in [0.2, 0.25) is 5.02 Å². The van der Waals surface area contributed by atoms with Crippen molar-refractivity contribution in [2.45, 2.75) is 19.5 Å². The van der Waals surface area contributed by atoms with Gasteiger partial charge in [0.15, 0.2) is 0 Å². The molecule has 1 aromatic heterocycles. The quantitative estimate of drug-likeness (QED) is 0.630. The van der Waals surface area contributed by atoms with Crippen LogP contribution < -0.4 is 10.1 Å². The molecular formula is C21H20ClFN2O. The molecule has 0 aliphatic rings. The molecule has 1 N–H and O–H groups in total. The maximum absolute atomic E-state index is 13.6. The molecule has 3 nitrogen and oxygen atoms in total. The zero-order chi connectivity index (χ0) is 18.5. The van der Waals surface area contributed by atoms with Crippen LogP contribution in [0.5, 0.6) is 5.75 Å². The number of ether oxygens (including phenoxy) is 1. The predicted octanol–water partition coefficient (Wildman–Crippen LogP) is 5.40. The summed E-state index contributed by atoms with van der Waals surface area (Å²) in [6.07, 6.45) is 0. The van der Waals surface area contributed by atoms with Crippen LogP contribution in [0.15, 0.2) is 60.7 Å². The van der Waals surface area contributed by atoms with Gasteiger partial charge in [-0.05, 0) is 48.9 Å². The zero-order valence-corrected chi connectivity index (χ0v) is 15.4. The zero-order valence-electron chi connectivity index (χ0n) is 14.7. The third-order valence-corrected chi connectivity index (χ3v) is 4.41. The number of pyridine rings is 1. The second-order valence-electron chi connectivity index (χ2n) is 6.02. The second kappa shape index (κ2) is 8.30. The lowest BCUT2D eigenvalue weighted by Crippen LogP contribution is -2.19. The van der Waals surface area contributed by atoms with Gasteiger partial charge in [0.1, 0.15) is 17.3 Å². The Morgan fingerprint density at radius 3 is 2.65 bits per heavy atom. The monoisotopic (exact) mass is 370 g/mol. The molecule has 134 valence electrons. The number of aromatic nitrogens is 1. The summed E-state index contributed by atoms with van der Waals surface area (Å²) in [5.41, 5.74) is 3.27. The van der Waals surface area contributed by atoms with Crippen molar-refractivity contribution in [2.75, 3.05) is 7.11 Å². The summed E-state index contributed by atoms with van der Waals surface area (Å²) < 4.78 is 19.0. The molecule has 0 aliphatic carbocycles. The summed E-state index contributed by atoms with van der Waals surface area (Å²) >= 11 is 6.06. The molecule has 3 rings (SSSR count). The minimum Gasteiger partial charge on any atom is -0.494 e. The van der Waals surface area contributed by atoms with Crippen molar-refractivity contribution in [3.8, 4) is 17.0 Å². The van der Waals surface area contributed by atoms with Gasteiger partial charge >= 0.3 is 0 Å². The molecule has 1 unspecified atom stereocenters. The van der Waals surface area contributed by atoms with Gasteiger partial charge in [0.25, 0.3) is 0 Å². The number of halogens is 2. The number of hydrogen-bond donors (Lipinski definition) is 1. The third-order valence-electron chi connectivity index (χ3n) is 4.17. The molecule has 0 bridgehead atoms. The number of methoxy groups -OCH3 is 1. The normalized spacial score (nSPS) is 12.0. The topological polar surface area (TPSA) is 34.1 Å². The summed E-state index contributed by atoms with van der Waals surface area (Å²) in [6, 6.07) is 18.0. The lowest BCUT2D eigenvalue weighted by atomic mass is 10.1. The van der Waals surface area contributed by atoms with Gasteiger partial charge in [0.2, 0.25) is 0 Å². The Morgan fingerprint density at radius 2 is 1.92 bits per heavy atom. The van der Waals surface area contributed by atoms with Crippen LogP contribution in [0.25, 0.3) is 11.3 Å². The van der Waals surface area contributed by atoms with Gasteiger partial charge in [-0.15, -0.1) is 0 Å². The molecule has 0 fully saturated rings. The van der Waals surface area contributed by atoms with Crippen molar-refractivity contribution in [3.63, 3.8) is 0 Å². The molecule has 0 saturated heterocycles. The van der Waals surface area contributed by atoms with Gasteiger partial charge in [-0.2, -0.15) is 0 Å². The van der Waals surface area contributed by atoms with E-state index in [0.29, 0.717) is 28.6 Å². The highest BCUT2D eigenvalue weighted by atomic mass is 35.5. The minimum absolute atomic E-state index is 0.121. The maximum atomic E-state index is 13.6. The van der Waals surface area contributed by atoms with E-state index in [0.717, 1.165) is 11.3 Å². The Kier molecular flexibility index (Phi) is 5.86. The summed E-state index contributed by atoms with van der Waals surface area (Å²) in [5, 5.41) is 4.15. The first kappa shape index (κ1) is 18.4. The van der Waals surface area contributed by atoms with Gasteiger partial charge < -0.3 is 10.1 Å². The number of rotatable bonds is 6. The summed E-state index contributed by atoms with van der Waals surface area (Å²) in [5.74, 6) is 0.312. The summed E-state index contributed by atoms with van der Waals surface area (Å²) in [6.45, 7) is 2.64. The van der Waals surface area contributed by atoms with E-state index in [2.05, 4.69) is 17.2 Å². The van der Waals surface area contributed by atoms with Gasteiger partial charge in [-0.1, -0.05) is 35.9 Å². The van der Waals surface area contributed by atoms with Crippen LogP contribution in [0, 0.1) is 5.82 Å². The van der Waals surface area contributed by atoms with Crippen LogP contribution in [0.4, 0.5) is 4.39 Å². The van der Waals surface area contributed by atoms with Crippen molar-refractivity contribution in [1.82, 2.24) is 10.3 Å². The lowest BCUT2D eigenvalue weighted by molar-refractivity contribution is 0.414. The number of benzene rings is 2. The van der Waals surface area contributed by atoms with Crippen molar-refractivity contribution in [1.29, 1.82) is 0 Å². The largest absolute Gasteiger partial charge is 0.494 e. The summed E-state index contributed by atoms with van der Waals surface area (Å²) in [7, 11) is 1.58. The van der Waals surface area contributed by atoms with E-state index in [4.69, 9.17) is 16.3 Å². The standard InChI is InChI=1S/C21H20ClFN2O/c1-14(15-5-3-7-17(22)11-15)24-13-19-9-10-20(26-2)21(25-19)16-6-4-8-18(23)12-16/h3-12,14,24H,13H2,1-2H3. The van der Waals surface area contributed by atoms with Crippen LogP contribution in [0.3, 0.4) is 0 Å². The van der Waals surface area contributed by atoms with Crippen LogP contribution in [-0.2, 0) is 6.54 Å². The van der Waals surface area contributed by atoms with Crippen molar-refractivity contribution in [3.05, 3.63) is 82.8 Å². The van der Waals surface area contributed by atoms with Gasteiger partial charge in [-0.3, -0.25) is 0 Å². The minimum atomic E-state index is -0.301. The number of nitrogens with zero attached hydrogens (tertiary/aromatic N) is 1. The highest BCUT2D eigenvalue weighted by Crippen LogP contribution is 2.28. The average molecular weight is 371 g/mol. The molecule has 26 heavy (non-hydrogen) atoms. The fourth-order valence-corrected chi connectivity index (χ4v) is 2.94. The molecule has 1 atom stereocenters. The fraction of sp³-hybridized carbons (Fsp3) is 0.190. The smallest absolute Gasteiger partial charge is 0.145 e. The Bertz CT molecular complexity index is 901. The van der Waals surface area contributed by atoms with E-state index in [9.17, 15) is 4.39 Å². The number of nitrogens with one attached hydrogen (secondary N) is 1. The molecule has 2 aromatic carbocycles. The number of hydrogen-bond acceptors (Lipinski definition) is 3. The van der Waals surface area contributed by atoms with Gasteiger partial charge in [0, 0.05) is 23.2 Å². The van der Waals surface area contributed by atoms with Crippen molar-refractivity contribution < 1.29 is 9.13 Å². The summed E-state index contributed by atoms with van der Waals surface area (Å²) in [4.78, 5) is 4.66. The molecule has 0 spiro atoms. The first-order valence-corrected chi connectivity index (χ1v) is 8.73. The first-order chi connectivity index (χ1) is 12.6. The molecular weight excluding hydrogens is 351 g/mol. The van der Waals surface area contributed by atoms with Crippen molar-refractivity contribution >= 4 is 11.6 Å². The molecule has 0 amide bonds. The maximum Gasteiger partial charge on any atom is 0.145 e. The van der Waals surface area contributed by atoms with Crippen LogP contribution >= 0.6 is 11.6 Å². The third kappa shape index (κ3) is 4.40. The van der Waals surface area contributed by atoms with E-state index in [1.807, 2.05) is 42.5 Å². The van der Waals surface area contributed by atoms with E-state index in [-0.39, 0.29) is 11.9 Å². The SMILES string of the molecule is COc1ccc(CNC(C)c2cccc(Cl)c2)nc1-c1cccc(F)c1. The van der Waals surface area contributed by atoms with E-state index < -0.39 is 0 Å². The van der Waals surface area contributed by atoms with Gasteiger partial charge in [-0.25, -0.2) is 9.37 Å². The van der Waals surface area contributed by atoms with E-state index >= 15 is 0 Å². The van der Waals surface area contributed by atoms with Gasteiger partial charge in [0.05, 0.1) is 12.8 Å². The molecule has 3 aromatic rings. The lowest BCUT2D eigenvalue weighted by Gasteiger charge is -2.15. The highest BCUT2D eigenvalue weighted by Gasteiger charge is 2.11. The molecule has 5 heteroatoms. The Labute approximate surface area is 157 Å². The predicted molar refractivity (Wildman–Crippen MR) is 103 cm³/mol. The van der Waals surface area contributed by atoms with E-state index in [1.54, 1.807) is 13.2 Å². The second-order valence-corrected chi connectivity index (χ2v) is 6.46. The van der Waals surface area contributed by atoms with E-state index in [1.165, 1.54) is 12.1 Å². The molecule has 1 heterocycles. The first-order valence-electron chi connectivity index (χ1n) is 8.35. The van der Waals surface area contributed by atoms with Crippen molar-refractivity contribution in [2.24, 2.45) is 0 Å². The Balaban J connectivity index is 1.79. The molecule has 0 radical (unpaired) electrons. The Hall–Kier alpha value is -2.43. The molecule has 0 saturated carbocycles. The fourth-order valence-electron chi connectivity index (χ4n) is 2.74. The van der Waals surface area contributed by atoms with Crippen LogP contribution in [-0.4, -0.2) is 12.1 Å². The molecule has 0 aliphatic heterocycles. The van der Waals surface area contributed by atoms with Crippen LogP contribution in [0.1, 0.15) is 24.2 Å². The highest BCUT2D eigenvalue weighted by molar-refractivity contribution is 6.30. The average Bonchev–Trinajstić information content (AvgIpc) is 2.66.